The molecular formula is C18H20N2O4. The van der Waals surface area contributed by atoms with Gasteiger partial charge in [-0.25, -0.2) is 0 Å². The van der Waals surface area contributed by atoms with Crippen LogP contribution in [0.3, 0.4) is 0 Å². The Labute approximate surface area is 140 Å². The van der Waals surface area contributed by atoms with Crippen molar-refractivity contribution in [2.24, 2.45) is 0 Å². The monoisotopic (exact) mass is 328 g/mol. The third-order valence-electron chi connectivity index (χ3n) is 3.56. The average Bonchev–Trinajstić information content (AvgIpc) is 2.56. The van der Waals surface area contributed by atoms with Crippen LogP contribution in [-0.4, -0.2) is 17.4 Å². The van der Waals surface area contributed by atoms with Gasteiger partial charge in [0.1, 0.15) is 11.4 Å². The lowest BCUT2D eigenvalue weighted by Gasteiger charge is -2.09. The lowest BCUT2D eigenvalue weighted by atomic mass is 10.0. The van der Waals surface area contributed by atoms with Crippen molar-refractivity contribution in [3.63, 3.8) is 0 Å². The summed E-state index contributed by atoms with van der Waals surface area (Å²) in [5.74, 6) is 0.371. The van der Waals surface area contributed by atoms with E-state index < -0.39 is 10.8 Å². The second-order valence-corrected chi connectivity index (χ2v) is 5.60. The Balaban J connectivity index is 2.23. The number of benzene rings is 2. The van der Waals surface area contributed by atoms with Gasteiger partial charge in [0.25, 0.3) is 11.6 Å². The van der Waals surface area contributed by atoms with E-state index in [9.17, 15) is 14.9 Å². The first-order valence-electron chi connectivity index (χ1n) is 7.75. The van der Waals surface area contributed by atoms with E-state index in [1.165, 1.54) is 12.1 Å². The van der Waals surface area contributed by atoms with Crippen molar-refractivity contribution in [1.82, 2.24) is 0 Å². The smallest absolute Gasteiger partial charge is 0.296 e. The van der Waals surface area contributed by atoms with Gasteiger partial charge in [-0.05, 0) is 42.7 Å². The van der Waals surface area contributed by atoms with Crippen LogP contribution in [0.2, 0.25) is 0 Å². The molecule has 0 saturated carbocycles. The summed E-state index contributed by atoms with van der Waals surface area (Å²) in [7, 11) is 0. The first-order valence-corrected chi connectivity index (χ1v) is 7.75. The van der Waals surface area contributed by atoms with Crippen LogP contribution < -0.4 is 10.1 Å². The van der Waals surface area contributed by atoms with E-state index in [-0.39, 0.29) is 11.4 Å². The van der Waals surface area contributed by atoms with E-state index in [0.717, 1.165) is 5.56 Å². The van der Waals surface area contributed by atoms with Gasteiger partial charge >= 0.3 is 0 Å². The molecule has 24 heavy (non-hydrogen) atoms. The second-order valence-electron chi connectivity index (χ2n) is 5.60. The Morgan fingerprint density at radius 3 is 2.42 bits per heavy atom. The number of nitrogens with zero attached hydrogens (tertiary/aromatic N) is 1. The van der Waals surface area contributed by atoms with Crippen LogP contribution in [0.5, 0.6) is 5.75 Å². The molecule has 0 atom stereocenters. The molecule has 1 amide bonds. The molecule has 0 saturated heterocycles. The number of rotatable bonds is 6. The van der Waals surface area contributed by atoms with Crippen molar-refractivity contribution in [2.75, 3.05) is 11.9 Å². The van der Waals surface area contributed by atoms with Crippen molar-refractivity contribution in [1.29, 1.82) is 0 Å². The van der Waals surface area contributed by atoms with Crippen LogP contribution in [0.25, 0.3) is 0 Å². The molecule has 0 heterocycles. The maximum absolute atomic E-state index is 12.3. The molecular weight excluding hydrogens is 308 g/mol. The van der Waals surface area contributed by atoms with Gasteiger partial charge < -0.3 is 10.1 Å². The summed E-state index contributed by atoms with van der Waals surface area (Å²) >= 11 is 0. The molecule has 0 unspecified atom stereocenters. The third kappa shape index (κ3) is 4.10. The van der Waals surface area contributed by atoms with Crippen LogP contribution in [0.15, 0.2) is 42.5 Å². The number of nitrogens with one attached hydrogen (secondary N) is 1. The van der Waals surface area contributed by atoms with E-state index in [4.69, 9.17) is 4.74 Å². The molecule has 0 aliphatic rings. The Bertz CT molecular complexity index is 739. The number of nitro benzene ring substituents is 1. The van der Waals surface area contributed by atoms with Crippen molar-refractivity contribution in [3.8, 4) is 5.75 Å². The van der Waals surface area contributed by atoms with Crippen LogP contribution in [0.1, 0.15) is 42.6 Å². The zero-order valence-electron chi connectivity index (χ0n) is 13.9. The maximum Gasteiger partial charge on any atom is 0.296 e. The highest BCUT2D eigenvalue weighted by atomic mass is 16.6. The Morgan fingerprint density at radius 2 is 1.88 bits per heavy atom. The SMILES string of the molecule is CCOc1ccc(NC(=O)c2ccc(C(C)C)cc2)c([N+](=O)[O-])c1. The number of ether oxygens (including phenoxy) is 1. The predicted molar refractivity (Wildman–Crippen MR) is 92.7 cm³/mol. The first-order chi connectivity index (χ1) is 11.4. The minimum atomic E-state index is -0.542. The lowest BCUT2D eigenvalue weighted by molar-refractivity contribution is -0.384. The molecule has 1 N–H and O–H groups in total. The molecule has 126 valence electrons. The van der Waals surface area contributed by atoms with Crippen LogP contribution >= 0.6 is 0 Å². The fourth-order valence-electron chi connectivity index (χ4n) is 2.24. The summed E-state index contributed by atoms with van der Waals surface area (Å²) < 4.78 is 5.26. The standard InChI is InChI=1S/C18H20N2O4/c1-4-24-15-9-10-16(17(11-15)20(22)23)19-18(21)14-7-5-13(6-8-14)12(2)3/h5-12H,4H2,1-3H3,(H,19,21). The topological polar surface area (TPSA) is 81.5 Å². The number of hydrogen-bond donors (Lipinski definition) is 1. The van der Waals surface area contributed by atoms with Gasteiger partial charge in [0.05, 0.1) is 17.6 Å². The summed E-state index contributed by atoms with van der Waals surface area (Å²) in [6, 6.07) is 11.6. The van der Waals surface area contributed by atoms with Gasteiger partial charge in [0.2, 0.25) is 0 Å². The number of carbonyl (C=O) groups excluding carboxylic acids is 1. The predicted octanol–water partition coefficient (Wildman–Crippen LogP) is 4.37. The highest BCUT2D eigenvalue weighted by Crippen LogP contribution is 2.29. The lowest BCUT2D eigenvalue weighted by Crippen LogP contribution is -2.13. The molecule has 0 aliphatic carbocycles. The number of amides is 1. The molecule has 2 aromatic carbocycles. The van der Waals surface area contributed by atoms with Gasteiger partial charge in [0, 0.05) is 5.56 Å². The Hall–Kier alpha value is -2.89. The summed E-state index contributed by atoms with van der Waals surface area (Å²) in [5.41, 5.74) is 1.51. The zero-order valence-corrected chi connectivity index (χ0v) is 13.9. The molecule has 6 heteroatoms. The van der Waals surface area contributed by atoms with E-state index >= 15 is 0 Å². The van der Waals surface area contributed by atoms with Crippen LogP contribution in [-0.2, 0) is 0 Å². The fourth-order valence-corrected chi connectivity index (χ4v) is 2.24. The zero-order chi connectivity index (χ0) is 17.7. The minimum absolute atomic E-state index is 0.140. The summed E-state index contributed by atoms with van der Waals surface area (Å²) in [5, 5.41) is 13.8. The molecule has 0 spiro atoms. The van der Waals surface area contributed by atoms with Gasteiger partial charge in [-0.1, -0.05) is 26.0 Å². The minimum Gasteiger partial charge on any atom is -0.494 e. The Morgan fingerprint density at radius 1 is 1.21 bits per heavy atom. The summed E-state index contributed by atoms with van der Waals surface area (Å²) in [4.78, 5) is 23.0. The van der Waals surface area contributed by atoms with E-state index in [1.54, 1.807) is 25.1 Å². The first kappa shape index (κ1) is 17.5. The number of anilines is 1. The highest BCUT2D eigenvalue weighted by molar-refractivity contribution is 6.05. The van der Waals surface area contributed by atoms with Gasteiger partial charge in [-0.2, -0.15) is 0 Å². The summed E-state index contributed by atoms with van der Waals surface area (Å²) in [6.07, 6.45) is 0. The van der Waals surface area contributed by atoms with Crippen molar-refractivity contribution < 1.29 is 14.5 Å². The van der Waals surface area contributed by atoms with Crippen molar-refractivity contribution >= 4 is 17.3 Å². The van der Waals surface area contributed by atoms with Gasteiger partial charge in [-0.15, -0.1) is 0 Å². The van der Waals surface area contributed by atoms with E-state index in [1.807, 2.05) is 12.1 Å². The van der Waals surface area contributed by atoms with Crippen LogP contribution in [0.4, 0.5) is 11.4 Å². The number of hydrogen-bond acceptors (Lipinski definition) is 4. The largest absolute Gasteiger partial charge is 0.494 e. The van der Waals surface area contributed by atoms with Gasteiger partial charge in [-0.3, -0.25) is 14.9 Å². The molecule has 0 aromatic heterocycles. The maximum atomic E-state index is 12.3. The average molecular weight is 328 g/mol. The molecule has 6 nitrogen and oxygen atoms in total. The van der Waals surface area contributed by atoms with Crippen LogP contribution in [0, 0.1) is 10.1 Å². The van der Waals surface area contributed by atoms with Crippen molar-refractivity contribution in [3.05, 3.63) is 63.7 Å². The number of nitro groups is 1. The highest BCUT2D eigenvalue weighted by Gasteiger charge is 2.18. The quantitative estimate of drug-likeness (QED) is 0.630. The molecule has 0 bridgehead atoms. The Kier molecular flexibility index (Phi) is 5.52. The molecule has 0 fully saturated rings. The molecule has 2 aromatic rings. The fraction of sp³-hybridized carbons (Fsp3) is 0.278. The normalized spacial score (nSPS) is 10.5. The van der Waals surface area contributed by atoms with E-state index in [2.05, 4.69) is 19.2 Å². The van der Waals surface area contributed by atoms with Crippen molar-refractivity contribution in [2.45, 2.75) is 26.7 Å². The third-order valence-corrected chi connectivity index (χ3v) is 3.56. The second kappa shape index (κ2) is 7.59. The summed E-state index contributed by atoms with van der Waals surface area (Å²) in [6.45, 7) is 6.34. The van der Waals surface area contributed by atoms with E-state index in [0.29, 0.717) is 23.8 Å². The molecule has 0 radical (unpaired) electrons. The molecule has 2 rings (SSSR count). The number of carbonyl (C=O) groups is 1. The van der Waals surface area contributed by atoms with Gasteiger partial charge in [0.15, 0.2) is 0 Å². The molecule has 0 aliphatic heterocycles.